The second-order valence-corrected chi connectivity index (χ2v) is 6.63. The Hall–Kier alpha value is -0.610. The fourth-order valence-electron chi connectivity index (χ4n) is 3.91. The van der Waals surface area contributed by atoms with Gasteiger partial charge in [0.05, 0.1) is 6.54 Å². The molecule has 110 valence electrons. The molecule has 0 aromatic rings. The van der Waals surface area contributed by atoms with Gasteiger partial charge in [-0.05, 0) is 44.1 Å². The average Bonchev–Trinajstić information content (AvgIpc) is 2.52. The van der Waals surface area contributed by atoms with Gasteiger partial charge in [0.1, 0.15) is 0 Å². The molecular weight excluding hydrogens is 240 g/mol. The van der Waals surface area contributed by atoms with Crippen LogP contribution in [-0.2, 0) is 4.79 Å². The van der Waals surface area contributed by atoms with Crippen molar-refractivity contribution in [1.29, 1.82) is 0 Å². The van der Waals surface area contributed by atoms with Crippen molar-refractivity contribution in [3.05, 3.63) is 0 Å². The van der Waals surface area contributed by atoms with Crippen LogP contribution in [0.15, 0.2) is 0 Å². The van der Waals surface area contributed by atoms with Gasteiger partial charge in [-0.15, -0.1) is 0 Å². The average molecular weight is 268 g/mol. The Morgan fingerprint density at radius 3 is 2.37 bits per heavy atom. The van der Waals surface area contributed by atoms with E-state index < -0.39 is 5.97 Å². The van der Waals surface area contributed by atoms with Crippen molar-refractivity contribution < 1.29 is 9.90 Å². The molecular formula is C15H28N2O2. The van der Waals surface area contributed by atoms with Crippen LogP contribution in [0.1, 0.15) is 39.5 Å². The zero-order valence-corrected chi connectivity index (χ0v) is 12.3. The molecule has 0 aromatic heterocycles. The third-order valence-electron chi connectivity index (χ3n) is 4.65. The largest absolute Gasteiger partial charge is 0.480 e. The van der Waals surface area contributed by atoms with Crippen LogP contribution in [0, 0.1) is 11.8 Å². The molecule has 2 rings (SSSR count). The summed E-state index contributed by atoms with van der Waals surface area (Å²) in [7, 11) is 0. The second-order valence-electron chi connectivity index (χ2n) is 6.63. The van der Waals surface area contributed by atoms with Gasteiger partial charge in [0, 0.05) is 25.7 Å². The van der Waals surface area contributed by atoms with Crippen molar-refractivity contribution in [3.63, 3.8) is 0 Å². The van der Waals surface area contributed by atoms with E-state index in [9.17, 15) is 4.79 Å². The predicted octanol–water partition coefficient (Wildman–Crippen LogP) is 1.90. The molecule has 1 saturated carbocycles. The van der Waals surface area contributed by atoms with Crippen molar-refractivity contribution in [1.82, 2.24) is 9.80 Å². The minimum atomic E-state index is -0.701. The van der Waals surface area contributed by atoms with Gasteiger partial charge in [0.2, 0.25) is 0 Å². The van der Waals surface area contributed by atoms with Crippen molar-refractivity contribution in [2.45, 2.75) is 45.6 Å². The standard InChI is InChI=1S/C15H28N2O2/c1-12-8-13(2)10-14(9-12)17-5-3-4-16(6-7-17)11-15(18)19/h12-14H,3-11H2,1-2H3,(H,18,19). The second kappa shape index (κ2) is 6.71. The normalized spacial score (nSPS) is 34.9. The molecule has 2 atom stereocenters. The third kappa shape index (κ3) is 4.46. The highest BCUT2D eigenvalue weighted by atomic mass is 16.4. The van der Waals surface area contributed by atoms with Crippen molar-refractivity contribution >= 4 is 5.97 Å². The maximum Gasteiger partial charge on any atom is 0.317 e. The Morgan fingerprint density at radius 2 is 1.74 bits per heavy atom. The number of aliphatic carboxylic acids is 1. The van der Waals surface area contributed by atoms with E-state index in [-0.39, 0.29) is 6.54 Å². The molecule has 1 aliphatic carbocycles. The number of carboxylic acids is 1. The lowest BCUT2D eigenvalue weighted by Crippen LogP contribution is -2.42. The van der Waals surface area contributed by atoms with Gasteiger partial charge in [-0.25, -0.2) is 0 Å². The molecule has 1 heterocycles. The summed E-state index contributed by atoms with van der Waals surface area (Å²) >= 11 is 0. The first-order chi connectivity index (χ1) is 9.04. The molecule has 1 N–H and O–H groups in total. The summed E-state index contributed by atoms with van der Waals surface area (Å²) in [6, 6.07) is 0.725. The van der Waals surface area contributed by atoms with Crippen LogP contribution < -0.4 is 0 Å². The highest BCUT2D eigenvalue weighted by molar-refractivity contribution is 5.69. The maximum atomic E-state index is 10.8. The summed E-state index contributed by atoms with van der Waals surface area (Å²) in [5.41, 5.74) is 0. The summed E-state index contributed by atoms with van der Waals surface area (Å²) < 4.78 is 0. The molecule has 0 bridgehead atoms. The molecule has 0 amide bonds. The molecule has 1 aliphatic heterocycles. The highest BCUT2D eigenvalue weighted by Crippen LogP contribution is 2.31. The Balaban J connectivity index is 1.86. The van der Waals surface area contributed by atoms with E-state index in [2.05, 4.69) is 23.6 Å². The Bertz CT molecular complexity index is 299. The Labute approximate surface area is 116 Å². The van der Waals surface area contributed by atoms with Crippen LogP contribution in [0.3, 0.4) is 0 Å². The number of carboxylic acid groups (broad SMARTS) is 1. The molecule has 19 heavy (non-hydrogen) atoms. The number of rotatable bonds is 3. The van der Waals surface area contributed by atoms with E-state index in [1.54, 1.807) is 0 Å². The summed E-state index contributed by atoms with van der Waals surface area (Å²) in [4.78, 5) is 15.5. The van der Waals surface area contributed by atoms with Crippen molar-refractivity contribution in [2.24, 2.45) is 11.8 Å². The van der Waals surface area contributed by atoms with Crippen LogP contribution >= 0.6 is 0 Å². The Morgan fingerprint density at radius 1 is 1.05 bits per heavy atom. The zero-order chi connectivity index (χ0) is 13.8. The first-order valence-corrected chi connectivity index (χ1v) is 7.72. The molecule has 4 nitrogen and oxygen atoms in total. The van der Waals surface area contributed by atoms with Gasteiger partial charge in [0.25, 0.3) is 0 Å². The van der Waals surface area contributed by atoms with Crippen LogP contribution in [0.25, 0.3) is 0 Å². The van der Waals surface area contributed by atoms with Crippen LogP contribution in [0.4, 0.5) is 0 Å². The fraction of sp³-hybridized carbons (Fsp3) is 0.933. The lowest BCUT2D eigenvalue weighted by molar-refractivity contribution is -0.138. The van der Waals surface area contributed by atoms with Gasteiger partial charge in [-0.3, -0.25) is 14.6 Å². The molecule has 2 aliphatic rings. The lowest BCUT2D eigenvalue weighted by atomic mass is 9.80. The van der Waals surface area contributed by atoms with E-state index >= 15 is 0 Å². The molecule has 0 aromatic carbocycles. The fourth-order valence-corrected chi connectivity index (χ4v) is 3.91. The molecule has 4 heteroatoms. The minimum absolute atomic E-state index is 0.200. The van der Waals surface area contributed by atoms with Gasteiger partial charge in [0.15, 0.2) is 0 Å². The molecule has 2 fully saturated rings. The molecule has 2 unspecified atom stereocenters. The summed E-state index contributed by atoms with van der Waals surface area (Å²) in [5, 5.41) is 8.89. The van der Waals surface area contributed by atoms with E-state index in [1.165, 1.54) is 19.3 Å². The monoisotopic (exact) mass is 268 g/mol. The van der Waals surface area contributed by atoms with Crippen LogP contribution in [0.5, 0.6) is 0 Å². The summed E-state index contributed by atoms with van der Waals surface area (Å²) in [6.07, 6.45) is 5.12. The first-order valence-electron chi connectivity index (χ1n) is 7.72. The number of hydrogen-bond acceptors (Lipinski definition) is 3. The van der Waals surface area contributed by atoms with E-state index in [1.807, 2.05) is 0 Å². The van der Waals surface area contributed by atoms with Crippen LogP contribution in [0.2, 0.25) is 0 Å². The highest BCUT2D eigenvalue weighted by Gasteiger charge is 2.29. The quantitative estimate of drug-likeness (QED) is 0.849. The maximum absolute atomic E-state index is 10.8. The van der Waals surface area contributed by atoms with Gasteiger partial charge < -0.3 is 5.11 Å². The first kappa shape index (κ1) is 14.8. The van der Waals surface area contributed by atoms with E-state index in [0.717, 1.165) is 50.5 Å². The third-order valence-corrected chi connectivity index (χ3v) is 4.65. The van der Waals surface area contributed by atoms with Gasteiger partial charge >= 0.3 is 5.97 Å². The van der Waals surface area contributed by atoms with Gasteiger partial charge in [-0.1, -0.05) is 13.8 Å². The number of nitrogens with zero attached hydrogens (tertiary/aromatic N) is 2. The molecule has 0 spiro atoms. The predicted molar refractivity (Wildman–Crippen MR) is 76.2 cm³/mol. The lowest BCUT2D eigenvalue weighted by Gasteiger charge is -2.38. The van der Waals surface area contributed by atoms with Crippen molar-refractivity contribution in [2.75, 3.05) is 32.7 Å². The number of carbonyl (C=O) groups is 1. The summed E-state index contributed by atoms with van der Waals surface area (Å²) in [5.74, 6) is 0.979. The SMILES string of the molecule is CC1CC(C)CC(N2CCCN(CC(=O)O)CC2)C1. The minimum Gasteiger partial charge on any atom is -0.480 e. The van der Waals surface area contributed by atoms with Crippen LogP contribution in [-0.4, -0.2) is 59.6 Å². The van der Waals surface area contributed by atoms with Crippen molar-refractivity contribution in [3.8, 4) is 0 Å². The Kier molecular flexibility index (Phi) is 5.22. The molecule has 0 radical (unpaired) electrons. The smallest absolute Gasteiger partial charge is 0.317 e. The van der Waals surface area contributed by atoms with Gasteiger partial charge in [-0.2, -0.15) is 0 Å². The van der Waals surface area contributed by atoms with E-state index in [0.29, 0.717) is 0 Å². The topological polar surface area (TPSA) is 43.8 Å². The molecule has 1 saturated heterocycles. The van der Waals surface area contributed by atoms with E-state index in [4.69, 9.17) is 5.11 Å². The zero-order valence-electron chi connectivity index (χ0n) is 12.3. The number of hydrogen-bond donors (Lipinski definition) is 1. The summed E-state index contributed by atoms with van der Waals surface area (Å²) in [6.45, 7) is 8.96.